The van der Waals surface area contributed by atoms with Crippen LogP contribution in [-0.4, -0.2) is 23.0 Å². The van der Waals surface area contributed by atoms with Crippen molar-refractivity contribution >= 4 is 11.9 Å². The first-order valence-electron chi connectivity index (χ1n) is 10.9. The molecule has 6 nitrogen and oxygen atoms in total. The zero-order valence-corrected chi connectivity index (χ0v) is 18.3. The first-order valence-corrected chi connectivity index (χ1v) is 10.9. The number of carboxylic acid groups (broad SMARTS) is 1. The van der Waals surface area contributed by atoms with E-state index in [0.717, 1.165) is 56.2 Å². The van der Waals surface area contributed by atoms with Crippen LogP contribution in [0.2, 0.25) is 0 Å². The minimum absolute atomic E-state index is 0.0559. The monoisotopic (exact) mass is 403 g/mol. The van der Waals surface area contributed by atoms with Gasteiger partial charge in [0.1, 0.15) is 5.56 Å². The zero-order chi connectivity index (χ0) is 21.6. The van der Waals surface area contributed by atoms with E-state index in [4.69, 9.17) is 0 Å². The van der Waals surface area contributed by atoms with Crippen molar-refractivity contribution < 1.29 is 14.7 Å². The maximum absolute atomic E-state index is 13.1. The number of nitrogens with one attached hydrogen (secondary N) is 1. The molecule has 1 aromatic rings. The number of aryl methyl sites for hydroxylation is 1. The summed E-state index contributed by atoms with van der Waals surface area (Å²) in [5, 5.41) is 14.1. The van der Waals surface area contributed by atoms with Gasteiger partial charge in [-0.3, -0.25) is 9.59 Å². The van der Waals surface area contributed by atoms with Crippen LogP contribution in [0, 0.1) is 18.3 Å². The number of carbonyl (C=O) groups is 2. The van der Waals surface area contributed by atoms with Crippen LogP contribution in [0.3, 0.4) is 0 Å². The SMILES string of the molecule is CCc1c(C)cc(C(=O)NCC2(CC(=O)[O-])CCCCC2)c(=O)n1CCC(C)C. The molecule has 29 heavy (non-hydrogen) atoms. The fraction of sp³-hybridized carbons (Fsp3) is 0.696. The minimum Gasteiger partial charge on any atom is -0.550 e. The quantitative estimate of drug-likeness (QED) is 0.686. The molecule has 1 N–H and O–H groups in total. The summed E-state index contributed by atoms with van der Waals surface area (Å²) in [6, 6.07) is 1.68. The zero-order valence-electron chi connectivity index (χ0n) is 18.3. The van der Waals surface area contributed by atoms with Crippen LogP contribution in [0.15, 0.2) is 10.9 Å². The van der Waals surface area contributed by atoms with Crippen molar-refractivity contribution in [3.05, 3.63) is 33.2 Å². The number of amides is 1. The number of carbonyl (C=O) groups excluding carboxylic acids is 2. The fourth-order valence-corrected chi connectivity index (χ4v) is 4.49. The average Bonchev–Trinajstić information content (AvgIpc) is 2.66. The van der Waals surface area contributed by atoms with Gasteiger partial charge in [0.15, 0.2) is 0 Å². The molecule has 0 unspecified atom stereocenters. The molecule has 1 aliphatic carbocycles. The van der Waals surface area contributed by atoms with E-state index in [-0.39, 0.29) is 24.1 Å². The van der Waals surface area contributed by atoms with E-state index in [1.54, 1.807) is 10.6 Å². The van der Waals surface area contributed by atoms with Crippen LogP contribution >= 0.6 is 0 Å². The lowest BCUT2D eigenvalue weighted by molar-refractivity contribution is -0.308. The summed E-state index contributed by atoms with van der Waals surface area (Å²) in [6.45, 7) is 9.03. The number of hydrogen-bond acceptors (Lipinski definition) is 4. The van der Waals surface area contributed by atoms with Crippen LogP contribution in [0.4, 0.5) is 0 Å². The summed E-state index contributed by atoms with van der Waals surface area (Å²) in [7, 11) is 0. The van der Waals surface area contributed by atoms with Crippen molar-refractivity contribution in [1.82, 2.24) is 9.88 Å². The Bertz CT molecular complexity index is 789. The van der Waals surface area contributed by atoms with E-state index in [1.807, 2.05) is 13.8 Å². The topological polar surface area (TPSA) is 91.2 Å². The van der Waals surface area contributed by atoms with Crippen molar-refractivity contribution in [3.63, 3.8) is 0 Å². The minimum atomic E-state index is -1.08. The molecule has 2 rings (SSSR count). The molecule has 1 fully saturated rings. The Labute approximate surface area is 173 Å². The van der Waals surface area contributed by atoms with Gasteiger partial charge in [0.05, 0.1) is 0 Å². The number of carboxylic acids is 1. The molecule has 162 valence electrons. The van der Waals surface area contributed by atoms with Gasteiger partial charge in [-0.05, 0) is 62.0 Å². The van der Waals surface area contributed by atoms with E-state index in [9.17, 15) is 19.5 Å². The highest BCUT2D eigenvalue weighted by Crippen LogP contribution is 2.38. The van der Waals surface area contributed by atoms with Crippen LogP contribution in [-0.2, 0) is 17.8 Å². The van der Waals surface area contributed by atoms with Gasteiger partial charge in [0.25, 0.3) is 11.5 Å². The second-order valence-electron chi connectivity index (χ2n) is 8.97. The molecule has 1 saturated carbocycles. The molecule has 6 heteroatoms. The van der Waals surface area contributed by atoms with Gasteiger partial charge in [-0.25, -0.2) is 0 Å². The predicted molar refractivity (Wildman–Crippen MR) is 112 cm³/mol. The lowest BCUT2D eigenvalue weighted by atomic mass is 9.71. The van der Waals surface area contributed by atoms with Gasteiger partial charge in [0, 0.05) is 24.8 Å². The second-order valence-corrected chi connectivity index (χ2v) is 8.97. The molecular weight excluding hydrogens is 368 g/mol. The van der Waals surface area contributed by atoms with Crippen molar-refractivity contribution in [1.29, 1.82) is 0 Å². The number of nitrogens with zero attached hydrogens (tertiary/aromatic N) is 1. The largest absolute Gasteiger partial charge is 0.550 e. The van der Waals surface area contributed by atoms with E-state index in [1.165, 1.54) is 0 Å². The van der Waals surface area contributed by atoms with Crippen molar-refractivity contribution in [2.45, 2.75) is 85.6 Å². The summed E-state index contributed by atoms with van der Waals surface area (Å²) in [5.74, 6) is -1.04. The van der Waals surface area contributed by atoms with Gasteiger partial charge in [-0.2, -0.15) is 0 Å². The number of aliphatic carboxylic acids is 1. The van der Waals surface area contributed by atoms with Gasteiger partial charge in [-0.1, -0.05) is 40.0 Å². The Morgan fingerprint density at radius 3 is 2.45 bits per heavy atom. The highest BCUT2D eigenvalue weighted by Gasteiger charge is 2.33. The second kappa shape index (κ2) is 10.1. The molecule has 1 aliphatic rings. The maximum atomic E-state index is 13.1. The van der Waals surface area contributed by atoms with Gasteiger partial charge in [0.2, 0.25) is 0 Å². The Hall–Kier alpha value is -2.11. The van der Waals surface area contributed by atoms with Gasteiger partial charge < -0.3 is 19.8 Å². The van der Waals surface area contributed by atoms with Crippen LogP contribution in [0.1, 0.15) is 87.3 Å². The van der Waals surface area contributed by atoms with E-state index < -0.39 is 17.3 Å². The standard InChI is InChI=1S/C23H36N2O4/c1-5-19-17(4)13-18(22(29)25(19)12-9-16(2)3)21(28)24-15-23(14-20(26)27)10-7-6-8-11-23/h13,16H,5-12,14-15H2,1-4H3,(H,24,28)(H,26,27)/p-1. The molecule has 0 saturated heterocycles. The first kappa shape index (κ1) is 23.2. The molecule has 0 radical (unpaired) electrons. The van der Waals surface area contributed by atoms with Crippen LogP contribution < -0.4 is 16.0 Å². The molecule has 0 aliphatic heterocycles. The summed E-state index contributed by atoms with van der Waals surface area (Å²) in [6.07, 6.45) is 6.05. The Morgan fingerprint density at radius 1 is 1.24 bits per heavy atom. The Morgan fingerprint density at radius 2 is 1.90 bits per heavy atom. The summed E-state index contributed by atoms with van der Waals surface area (Å²) < 4.78 is 1.74. The van der Waals surface area contributed by atoms with Crippen molar-refractivity contribution in [3.8, 4) is 0 Å². The Balaban J connectivity index is 2.25. The molecule has 1 aromatic heterocycles. The number of pyridine rings is 1. The molecule has 1 amide bonds. The molecule has 0 spiro atoms. The van der Waals surface area contributed by atoms with Crippen LogP contribution in [0.25, 0.3) is 0 Å². The van der Waals surface area contributed by atoms with E-state index in [2.05, 4.69) is 19.2 Å². The highest BCUT2D eigenvalue weighted by molar-refractivity contribution is 5.94. The summed E-state index contributed by atoms with van der Waals surface area (Å²) >= 11 is 0. The maximum Gasteiger partial charge on any atom is 0.263 e. The number of rotatable bonds is 9. The van der Waals surface area contributed by atoms with E-state index in [0.29, 0.717) is 12.5 Å². The first-order chi connectivity index (χ1) is 13.7. The van der Waals surface area contributed by atoms with Crippen LogP contribution in [0.5, 0.6) is 0 Å². The third kappa shape index (κ3) is 5.94. The highest BCUT2D eigenvalue weighted by atomic mass is 16.4. The van der Waals surface area contributed by atoms with Crippen molar-refractivity contribution in [2.75, 3.05) is 6.54 Å². The molecule has 0 atom stereocenters. The fourth-order valence-electron chi connectivity index (χ4n) is 4.49. The molecule has 0 bridgehead atoms. The lowest BCUT2D eigenvalue weighted by Gasteiger charge is -2.37. The normalized spacial score (nSPS) is 16.0. The predicted octanol–water partition coefficient (Wildman–Crippen LogP) is 2.59. The van der Waals surface area contributed by atoms with Gasteiger partial charge in [-0.15, -0.1) is 0 Å². The number of hydrogen-bond donors (Lipinski definition) is 1. The molecule has 0 aromatic carbocycles. The van der Waals surface area contributed by atoms with Gasteiger partial charge >= 0.3 is 0 Å². The lowest BCUT2D eigenvalue weighted by Crippen LogP contribution is -2.44. The average molecular weight is 404 g/mol. The molecule has 1 heterocycles. The summed E-state index contributed by atoms with van der Waals surface area (Å²) in [4.78, 5) is 37.2. The number of aromatic nitrogens is 1. The van der Waals surface area contributed by atoms with E-state index >= 15 is 0 Å². The third-order valence-corrected chi connectivity index (χ3v) is 6.18. The third-order valence-electron chi connectivity index (χ3n) is 6.18. The summed E-state index contributed by atoms with van der Waals surface area (Å²) in [5.41, 5.74) is 1.31. The van der Waals surface area contributed by atoms with Crippen molar-refractivity contribution in [2.24, 2.45) is 11.3 Å². The Kier molecular flexibility index (Phi) is 8.05. The smallest absolute Gasteiger partial charge is 0.263 e. The molecular formula is C23H35N2O4-.